The van der Waals surface area contributed by atoms with E-state index in [4.69, 9.17) is 0 Å². The monoisotopic (exact) mass is 416 g/mol. The summed E-state index contributed by atoms with van der Waals surface area (Å²) in [7, 11) is 0. The first-order valence-corrected chi connectivity index (χ1v) is 13.1. The maximum Gasteiger partial charge on any atom is 0.303 e. The van der Waals surface area contributed by atoms with Crippen LogP contribution in [-0.4, -0.2) is 11.1 Å². The minimum Gasteiger partial charge on any atom is -0.481 e. The molecule has 0 aromatic carbocycles. The Morgan fingerprint density at radius 1 is 0.833 bits per heavy atom. The van der Waals surface area contributed by atoms with Gasteiger partial charge in [-0.2, -0.15) is 0 Å². The number of rotatable bonds is 5. The first kappa shape index (κ1) is 22.7. The van der Waals surface area contributed by atoms with Crippen molar-refractivity contribution >= 4 is 5.97 Å². The van der Waals surface area contributed by atoms with Crippen molar-refractivity contribution in [3.63, 3.8) is 0 Å². The van der Waals surface area contributed by atoms with Crippen LogP contribution in [0.1, 0.15) is 119 Å². The van der Waals surface area contributed by atoms with E-state index in [1.165, 1.54) is 70.6 Å². The molecule has 0 aromatic rings. The molecule has 0 aromatic heterocycles. The summed E-state index contributed by atoms with van der Waals surface area (Å²) in [6.45, 7) is 14.4. The van der Waals surface area contributed by atoms with E-state index in [-0.39, 0.29) is 17.3 Å². The number of fused-ring (bicyclic) bond motifs is 5. The van der Waals surface area contributed by atoms with E-state index in [0.29, 0.717) is 10.8 Å². The maximum atomic E-state index is 11.5. The minimum absolute atomic E-state index is 0.0534. The van der Waals surface area contributed by atoms with Crippen LogP contribution in [0.15, 0.2) is 0 Å². The molecule has 1 N–H and O–H groups in total. The third-order valence-corrected chi connectivity index (χ3v) is 12.0. The van der Waals surface area contributed by atoms with E-state index in [1.807, 2.05) is 0 Å². The van der Waals surface area contributed by atoms with E-state index in [2.05, 4.69) is 41.5 Å². The molecule has 4 rings (SSSR count). The SMILES string of the molecule is CC12CCCCC1CCC1C2CCC2(C)C(CC(C)(C)C(C)(C)CC(=O)O)CCC12. The molecule has 7 atom stereocenters. The molecule has 4 fully saturated rings. The number of hydrogen-bond acceptors (Lipinski definition) is 1. The zero-order chi connectivity index (χ0) is 21.9. The first-order valence-electron chi connectivity index (χ1n) is 13.1. The number of carboxylic acid groups (broad SMARTS) is 1. The molecule has 30 heavy (non-hydrogen) atoms. The normalized spacial score (nSPS) is 44.1. The molecular formula is C28H48O2. The highest BCUT2D eigenvalue weighted by Crippen LogP contribution is 2.68. The second-order valence-electron chi connectivity index (χ2n) is 13.8. The lowest BCUT2D eigenvalue weighted by Crippen LogP contribution is -2.53. The highest BCUT2D eigenvalue weighted by atomic mass is 16.4. The second kappa shape index (κ2) is 7.51. The summed E-state index contributed by atoms with van der Waals surface area (Å²) in [6, 6.07) is 0. The topological polar surface area (TPSA) is 37.3 Å². The Morgan fingerprint density at radius 2 is 1.53 bits per heavy atom. The van der Waals surface area contributed by atoms with Crippen LogP contribution in [0.4, 0.5) is 0 Å². The van der Waals surface area contributed by atoms with Crippen LogP contribution >= 0.6 is 0 Å². The smallest absolute Gasteiger partial charge is 0.303 e. The average molecular weight is 417 g/mol. The second-order valence-corrected chi connectivity index (χ2v) is 13.8. The van der Waals surface area contributed by atoms with Gasteiger partial charge in [0.25, 0.3) is 0 Å². The third-order valence-electron chi connectivity index (χ3n) is 12.0. The third kappa shape index (κ3) is 3.47. The summed E-state index contributed by atoms with van der Waals surface area (Å²) in [5.74, 6) is 3.97. The fourth-order valence-electron chi connectivity index (χ4n) is 9.25. The zero-order valence-corrected chi connectivity index (χ0v) is 20.7. The Bertz CT molecular complexity index is 664. The molecule has 4 aliphatic rings. The van der Waals surface area contributed by atoms with Gasteiger partial charge in [0, 0.05) is 0 Å². The molecule has 0 amide bonds. The largest absolute Gasteiger partial charge is 0.481 e. The molecule has 2 heteroatoms. The van der Waals surface area contributed by atoms with E-state index in [1.54, 1.807) is 0 Å². The Morgan fingerprint density at radius 3 is 2.23 bits per heavy atom. The molecular weight excluding hydrogens is 368 g/mol. The summed E-state index contributed by atoms with van der Waals surface area (Å²) in [4.78, 5) is 11.5. The van der Waals surface area contributed by atoms with Crippen LogP contribution in [0, 0.1) is 51.2 Å². The van der Waals surface area contributed by atoms with Crippen LogP contribution in [-0.2, 0) is 4.79 Å². The van der Waals surface area contributed by atoms with Gasteiger partial charge in [-0.3, -0.25) is 4.79 Å². The van der Waals surface area contributed by atoms with Crippen LogP contribution < -0.4 is 0 Å². The van der Waals surface area contributed by atoms with Crippen molar-refractivity contribution in [2.24, 2.45) is 51.2 Å². The molecule has 7 unspecified atom stereocenters. The molecule has 4 saturated carbocycles. The Labute approximate surface area is 186 Å². The average Bonchev–Trinajstić information content (AvgIpc) is 2.96. The van der Waals surface area contributed by atoms with Crippen molar-refractivity contribution in [2.45, 2.75) is 119 Å². The Hall–Kier alpha value is -0.530. The van der Waals surface area contributed by atoms with Crippen LogP contribution in [0.25, 0.3) is 0 Å². The van der Waals surface area contributed by atoms with E-state index in [0.717, 1.165) is 29.6 Å². The van der Waals surface area contributed by atoms with Crippen LogP contribution in [0.5, 0.6) is 0 Å². The predicted octanol–water partition coefficient (Wildman–Crippen LogP) is 7.95. The lowest BCUT2D eigenvalue weighted by Gasteiger charge is -2.61. The molecule has 0 saturated heterocycles. The summed E-state index contributed by atoms with van der Waals surface area (Å²) in [5, 5.41) is 9.46. The highest BCUT2D eigenvalue weighted by molar-refractivity contribution is 5.67. The zero-order valence-electron chi connectivity index (χ0n) is 20.7. The Kier molecular flexibility index (Phi) is 5.67. The summed E-state index contributed by atoms with van der Waals surface area (Å²) in [6.07, 6.45) is 16.1. The molecule has 4 aliphatic carbocycles. The minimum atomic E-state index is -0.651. The number of hydrogen-bond donors (Lipinski definition) is 1. The van der Waals surface area contributed by atoms with Crippen molar-refractivity contribution in [3.8, 4) is 0 Å². The standard InChI is InChI=1S/C28H48O2/c1-25(2,26(3,4)18-24(29)30)17-20-11-13-22-21-12-10-19-9-7-8-15-27(19,5)23(21)14-16-28(20,22)6/h19-23H,7-18H2,1-6H3,(H,29,30). The van der Waals surface area contributed by atoms with Gasteiger partial charge in [-0.15, -0.1) is 0 Å². The fraction of sp³-hybridized carbons (Fsp3) is 0.964. The van der Waals surface area contributed by atoms with Gasteiger partial charge < -0.3 is 5.11 Å². The van der Waals surface area contributed by atoms with Gasteiger partial charge in [0.15, 0.2) is 0 Å². The van der Waals surface area contributed by atoms with Crippen LogP contribution in [0.2, 0.25) is 0 Å². The fourth-order valence-corrected chi connectivity index (χ4v) is 9.25. The van der Waals surface area contributed by atoms with Gasteiger partial charge in [-0.25, -0.2) is 0 Å². The number of carboxylic acids is 1. The molecule has 0 bridgehead atoms. The van der Waals surface area contributed by atoms with Crippen molar-refractivity contribution in [1.29, 1.82) is 0 Å². The van der Waals surface area contributed by atoms with E-state index >= 15 is 0 Å². The molecule has 172 valence electrons. The number of aliphatic carboxylic acids is 1. The molecule has 0 spiro atoms. The number of carbonyl (C=O) groups is 1. The Balaban J connectivity index is 1.52. The van der Waals surface area contributed by atoms with Gasteiger partial charge in [-0.05, 0) is 109 Å². The van der Waals surface area contributed by atoms with Crippen molar-refractivity contribution in [1.82, 2.24) is 0 Å². The lowest BCUT2D eigenvalue weighted by atomic mass is 9.44. The summed E-state index contributed by atoms with van der Waals surface area (Å²) in [5.41, 5.74) is 0.995. The quantitative estimate of drug-likeness (QED) is 0.493. The maximum absolute atomic E-state index is 11.5. The van der Waals surface area contributed by atoms with Gasteiger partial charge in [0.05, 0.1) is 6.42 Å². The van der Waals surface area contributed by atoms with Crippen molar-refractivity contribution in [3.05, 3.63) is 0 Å². The van der Waals surface area contributed by atoms with E-state index in [9.17, 15) is 9.90 Å². The summed E-state index contributed by atoms with van der Waals surface area (Å²) >= 11 is 0. The molecule has 2 nitrogen and oxygen atoms in total. The molecule has 0 radical (unpaired) electrons. The van der Waals surface area contributed by atoms with E-state index < -0.39 is 5.97 Å². The van der Waals surface area contributed by atoms with Crippen molar-refractivity contribution in [2.75, 3.05) is 0 Å². The van der Waals surface area contributed by atoms with Gasteiger partial charge in [0.1, 0.15) is 0 Å². The molecule has 0 heterocycles. The first-order chi connectivity index (χ1) is 13.9. The summed E-state index contributed by atoms with van der Waals surface area (Å²) < 4.78 is 0. The van der Waals surface area contributed by atoms with Crippen LogP contribution in [0.3, 0.4) is 0 Å². The van der Waals surface area contributed by atoms with Crippen molar-refractivity contribution < 1.29 is 9.90 Å². The van der Waals surface area contributed by atoms with Gasteiger partial charge >= 0.3 is 5.97 Å². The lowest BCUT2D eigenvalue weighted by molar-refractivity contribution is -0.142. The predicted molar refractivity (Wildman–Crippen MR) is 124 cm³/mol. The molecule has 0 aliphatic heterocycles. The van der Waals surface area contributed by atoms with Gasteiger partial charge in [-0.1, -0.05) is 54.4 Å². The van der Waals surface area contributed by atoms with Gasteiger partial charge in [0.2, 0.25) is 0 Å². The highest BCUT2D eigenvalue weighted by Gasteiger charge is 2.60.